The molecule has 0 bridgehead atoms. The molecule has 4 heteroatoms. The summed E-state index contributed by atoms with van der Waals surface area (Å²) in [5, 5.41) is 0. The van der Waals surface area contributed by atoms with Gasteiger partial charge in [0.2, 0.25) is 0 Å². The lowest BCUT2D eigenvalue weighted by Gasteiger charge is -2.08. The molecule has 3 nitrogen and oxygen atoms in total. The predicted octanol–water partition coefficient (Wildman–Crippen LogP) is 4.01. The van der Waals surface area contributed by atoms with Crippen molar-refractivity contribution in [1.29, 1.82) is 0 Å². The van der Waals surface area contributed by atoms with E-state index in [0.717, 1.165) is 45.3 Å². The SMILES string of the molecule is CC(C)OCCCSCCCCCC(=O)CCCN(C)C. The van der Waals surface area contributed by atoms with Gasteiger partial charge in [-0.1, -0.05) is 6.42 Å². The van der Waals surface area contributed by atoms with Crippen molar-refractivity contribution in [2.75, 3.05) is 38.8 Å². The number of hydrogen-bond donors (Lipinski definition) is 0. The number of nitrogens with zero attached hydrogens (tertiary/aromatic N) is 1. The summed E-state index contributed by atoms with van der Waals surface area (Å²) in [6.07, 6.45) is 7.52. The van der Waals surface area contributed by atoms with E-state index < -0.39 is 0 Å². The van der Waals surface area contributed by atoms with Gasteiger partial charge in [-0.15, -0.1) is 0 Å². The number of ether oxygens (including phenoxy) is 1. The lowest BCUT2D eigenvalue weighted by atomic mass is 10.1. The van der Waals surface area contributed by atoms with Gasteiger partial charge in [-0.05, 0) is 71.7 Å². The first-order chi connectivity index (χ1) is 10.0. The number of ketones is 1. The van der Waals surface area contributed by atoms with Crippen LogP contribution in [-0.4, -0.2) is 55.5 Å². The van der Waals surface area contributed by atoms with Crippen LogP contribution in [0.25, 0.3) is 0 Å². The lowest BCUT2D eigenvalue weighted by Crippen LogP contribution is -2.14. The highest BCUT2D eigenvalue weighted by Crippen LogP contribution is 2.10. The second-order valence-electron chi connectivity index (χ2n) is 6.14. The van der Waals surface area contributed by atoms with Crippen LogP contribution in [0.3, 0.4) is 0 Å². The standard InChI is InChI=1S/C17H35NO2S/c1-16(2)20-13-9-15-21-14-7-5-6-10-17(19)11-8-12-18(3)4/h16H,5-15H2,1-4H3. The normalized spacial score (nSPS) is 11.5. The Morgan fingerprint density at radius 3 is 2.33 bits per heavy atom. The van der Waals surface area contributed by atoms with E-state index in [0.29, 0.717) is 11.9 Å². The second-order valence-corrected chi connectivity index (χ2v) is 7.37. The number of carbonyl (C=O) groups excluding carboxylic acids is 1. The van der Waals surface area contributed by atoms with E-state index in [9.17, 15) is 4.79 Å². The van der Waals surface area contributed by atoms with Gasteiger partial charge in [0.25, 0.3) is 0 Å². The van der Waals surface area contributed by atoms with E-state index in [1.165, 1.54) is 24.3 Å². The molecule has 126 valence electrons. The lowest BCUT2D eigenvalue weighted by molar-refractivity contribution is -0.119. The van der Waals surface area contributed by atoms with Crippen molar-refractivity contribution >= 4 is 17.5 Å². The van der Waals surface area contributed by atoms with Gasteiger partial charge in [0.15, 0.2) is 0 Å². The van der Waals surface area contributed by atoms with E-state index in [-0.39, 0.29) is 0 Å². The van der Waals surface area contributed by atoms with Crippen molar-refractivity contribution in [3.05, 3.63) is 0 Å². The molecule has 0 aliphatic heterocycles. The van der Waals surface area contributed by atoms with Crippen LogP contribution in [0.5, 0.6) is 0 Å². The summed E-state index contributed by atoms with van der Waals surface area (Å²) in [5.41, 5.74) is 0. The number of Topliss-reactive ketones (excluding diaryl/α,β-unsaturated/α-hetero) is 1. The summed E-state index contributed by atoms with van der Waals surface area (Å²) in [4.78, 5) is 13.8. The summed E-state index contributed by atoms with van der Waals surface area (Å²) in [6.45, 7) is 6.05. The van der Waals surface area contributed by atoms with E-state index >= 15 is 0 Å². The number of hydrogen-bond acceptors (Lipinski definition) is 4. The fourth-order valence-corrected chi connectivity index (χ4v) is 2.94. The predicted molar refractivity (Wildman–Crippen MR) is 94.3 cm³/mol. The molecule has 0 saturated heterocycles. The highest BCUT2D eigenvalue weighted by atomic mass is 32.2. The van der Waals surface area contributed by atoms with Gasteiger partial charge < -0.3 is 9.64 Å². The molecule has 0 saturated carbocycles. The maximum atomic E-state index is 11.6. The first-order valence-electron chi connectivity index (χ1n) is 8.38. The maximum absolute atomic E-state index is 11.6. The van der Waals surface area contributed by atoms with Gasteiger partial charge in [0.1, 0.15) is 5.78 Å². The molecule has 0 heterocycles. The summed E-state index contributed by atoms with van der Waals surface area (Å²) < 4.78 is 5.51. The molecule has 0 spiro atoms. The monoisotopic (exact) mass is 317 g/mol. The minimum Gasteiger partial charge on any atom is -0.379 e. The first kappa shape index (κ1) is 20.9. The zero-order chi connectivity index (χ0) is 15.9. The molecule has 0 unspecified atom stereocenters. The molecule has 0 rings (SSSR count). The fraction of sp³-hybridized carbons (Fsp3) is 0.941. The average molecular weight is 318 g/mol. The maximum Gasteiger partial charge on any atom is 0.132 e. The van der Waals surface area contributed by atoms with Gasteiger partial charge >= 0.3 is 0 Å². The van der Waals surface area contributed by atoms with Crippen LogP contribution in [0.4, 0.5) is 0 Å². The largest absolute Gasteiger partial charge is 0.379 e. The highest BCUT2D eigenvalue weighted by Gasteiger charge is 2.02. The third kappa shape index (κ3) is 17.9. The topological polar surface area (TPSA) is 29.5 Å². The van der Waals surface area contributed by atoms with Crippen molar-refractivity contribution < 1.29 is 9.53 Å². The van der Waals surface area contributed by atoms with Crippen LogP contribution in [0, 0.1) is 0 Å². The van der Waals surface area contributed by atoms with E-state index in [2.05, 4.69) is 32.8 Å². The van der Waals surface area contributed by atoms with Crippen molar-refractivity contribution in [3.8, 4) is 0 Å². The van der Waals surface area contributed by atoms with E-state index in [4.69, 9.17) is 4.74 Å². The molecule has 0 aromatic heterocycles. The van der Waals surface area contributed by atoms with Crippen LogP contribution >= 0.6 is 11.8 Å². The molecular formula is C17H35NO2S. The second kappa shape index (κ2) is 14.9. The van der Waals surface area contributed by atoms with Gasteiger partial charge in [-0.25, -0.2) is 0 Å². The third-order valence-electron chi connectivity index (χ3n) is 3.19. The molecule has 0 aromatic rings. The number of unbranched alkanes of at least 4 members (excludes halogenated alkanes) is 2. The van der Waals surface area contributed by atoms with Crippen molar-refractivity contribution in [1.82, 2.24) is 4.90 Å². The molecule has 0 aromatic carbocycles. The summed E-state index contributed by atoms with van der Waals surface area (Å²) in [6, 6.07) is 0. The fourth-order valence-electron chi connectivity index (χ4n) is 2.00. The van der Waals surface area contributed by atoms with Crippen LogP contribution in [-0.2, 0) is 9.53 Å². The first-order valence-corrected chi connectivity index (χ1v) is 9.53. The van der Waals surface area contributed by atoms with Gasteiger partial charge in [0, 0.05) is 19.4 Å². The third-order valence-corrected chi connectivity index (χ3v) is 4.34. The minimum atomic E-state index is 0.352. The Hall–Kier alpha value is -0.0600. The number of carbonyl (C=O) groups is 1. The number of rotatable bonds is 15. The highest BCUT2D eigenvalue weighted by molar-refractivity contribution is 7.99. The summed E-state index contributed by atoms with van der Waals surface area (Å²) >= 11 is 2.01. The Morgan fingerprint density at radius 1 is 1.00 bits per heavy atom. The molecular weight excluding hydrogens is 282 g/mol. The average Bonchev–Trinajstić information content (AvgIpc) is 2.40. The zero-order valence-electron chi connectivity index (χ0n) is 14.5. The van der Waals surface area contributed by atoms with Crippen molar-refractivity contribution in [3.63, 3.8) is 0 Å². The van der Waals surface area contributed by atoms with Crippen molar-refractivity contribution in [2.45, 2.75) is 64.9 Å². The van der Waals surface area contributed by atoms with Crippen LogP contribution in [0.15, 0.2) is 0 Å². The van der Waals surface area contributed by atoms with Crippen LogP contribution in [0.1, 0.15) is 58.8 Å². The van der Waals surface area contributed by atoms with Crippen LogP contribution < -0.4 is 0 Å². The molecule has 0 aliphatic rings. The van der Waals surface area contributed by atoms with Gasteiger partial charge in [-0.3, -0.25) is 4.79 Å². The molecule has 0 atom stereocenters. The number of thioether (sulfide) groups is 1. The Kier molecular flexibility index (Phi) is 14.8. The molecule has 0 aliphatic carbocycles. The summed E-state index contributed by atoms with van der Waals surface area (Å²) in [5.74, 6) is 2.85. The smallest absolute Gasteiger partial charge is 0.132 e. The van der Waals surface area contributed by atoms with Crippen LogP contribution in [0.2, 0.25) is 0 Å². The Bertz CT molecular complexity index is 245. The molecule has 0 N–H and O–H groups in total. The van der Waals surface area contributed by atoms with Gasteiger partial charge in [0.05, 0.1) is 6.10 Å². The molecule has 0 radical (unpaired) electrons. The molecule has 0 fully saturated rings. The Morgan fingerprint density at radius 2 is 1.67 bits per heavy atom. The minimum absolute atomic E-state index is 0.352. The van der Waals surface area contributed by atoms with E-state index in [1.54, 1.807) is 0 Å². The van der Waals surface area contributed by atoms with E-state index in [1.807, 2.05) is 11.8 Å². The van der Waals surface area contributed by atoms with Gasteiger partial charge in [-0.2, -0.15) is 11.8 Å². The Labute approximate surface area is 136 Å². The quantitative estimate of drug-likeness (QED) is 0.427. The molecule has 21 heavy (non-hydrogen) atoms. The Balaban J connectivity index is 3.16. The summed E-state index contributed by atoms with van der Waals surface area (Å²) in [7, 11) is 4.11. The zero-order valence-corrected chi connectivity index (χ0v) is 15.3. The molecule has 0 amide bonds. The van der Waals surface area contributed by atoms with Crippen molar-refractivity contribution in [2.24, 2.45) is 0 Å².